The van der Waals surface area contributed by atoms with Gasteiger partial charge in [-0.3, -0.25) is 0 Å². The van der Waals surface area contributed by atoms with Crippen molar-refractivity contribution in [2.75, 3.05) is 66.1 Å². The molecule has 6 N–H and O–H groups in total. The number of ether oxygens (including phenoxy) is 8. The minimum absolute atomic E-state index is 0.0706. The Morgan fingerprint density at radius 1 is 0.442 bits per heavy atom. The maximum Gasteiger partial charge on any atom is 0.333 e. The molecule has 0 amide bonds. The molecule has 0 radical (unpaired) electrons. The zero-order valence-corrected chi connectivity index (χ0v) is 30.1. The Kier molecular flexibility index (Phi) is 24.4. The van der Waals surface area contributed by atoms with Gasteiger partial charge in [-0.05, 0) is 27.7 Å². The van der Waals surface area contributed by atoms with Crippen LogP contribution in [0, 0.1) is 0 Å². The molecule has 0 aromatic heterocycles. The molecule has 52 heavy (non-hydrogen) atoms. The van der Waals surface area contributed by atoms with Gasteiger partial charge in [0.1, 0.15) is 75.3 Å². The van der Waals surface area contributed by atoms with Crippen LogP contribution in [-0.4, -0.2) is 169 Å². The number of carbonyl (C=O) groups is 4. The molecule has 18 nitrogen and oxygen atoms in total. The van der Waals surface area contributed by atoms with Crippen molar-refractivity contribution in [1.82, 2.24) is 0 Å². The van der Waals surface area contributed by atoms with Gasteiger partial charge in [0.25, 0.3) is 0 Å². The molecule has 0 aliphatic carbocycles. The monoisotopic (exact) mass is 750 g/mol. The van der Waals surface area contributed by atoms with Crippen LogP contribution >= 0.6 is 0 Å². The third-order valence-electron chi connectivity index (χ3n) is 6.29. The standard InChI is InChI=1S/C34H54O18/c1-19(2)31(41)49-13-23(35)9-45-17-27(39)30(48-12-26(38)16-52-34(44)22(7)8)29(40)28(47-11-25(37)15-51-33(43)21(5)6)18-46-10-24(36)14-50-32(42)20(3)4/h23-30,35-40H,1,3,5,7,9-18H2,2,4,6,8H3. The molecule has 0 rings (SSSR count). The minimum Gasteiger partial charge on any atom is -0.460 e. The van der Waals surface area contributed by atoms with E-state index >= 15 is 0 Å². The molecule has 0 heterocycles. The Morgan fingerprint density at radius 3 is 1.10 bits per heavy atom. The number of carbonyl (C=O) groups excluding carboxylic acids is 4. The van der Waals surface area contributed by atoms with Gasteiger partial charge in [-0.15, -0.1) is 0 Å². The molecule has 8 atom stereocenters. The van der Waals surface area contributed by atoms with E-state index in [0.717, 1.165) is 0 Å². The molecule has 0 aliphatic rings. The van der Waals surface area contributed by atoms with E-state index in [-0.39, 0.29) is 22.3 Å². The lowest BCUT2D eigenvalue weighted by Crippen LogP contribution is -2.51. The van der Waals surface area contributed by atoms with Gasteiger partial charge in [0.05, 0.1) is 39.6 Å². The first kappa shape index (κ1) is 48.4. The van der Waals surface area contributed by atoms with Crippen LogP contribution in [0.15, 0.2) is 48.6 Å². The average molecular weight is 751 g/mol. The molecule has 0 aromatic carbocycles. The highest BCUT2D eigenvalue weighted by Crippen LogP contribution is 2.16. The largest absolute Gasteiger partial charge is 0.460 e. The molecular weight excluding hydrogens is 696 g/mol. The highest BCUT2D eigenvalue weighted by molar-refractivity contribution is 5.88. The summed E-state index contributed by atoms with van der Waals surface area (Å²) in [5, 5.41) is 63.4. The Balaban J connectivity index is 5.88. The second kappa shape index (κ2) is 26.2. The lowest BCUT2D eigenvalue weighted by atomic mass is 10.0. The van der Waals surface area contributed by atoms with E-state index in [1.165, 1.54) is 27.7 Å². The average Bonchev–Trinajstić information content (AvgIpc) is 3.08. The summed E-state index contributed by atoms with van der Waals surface area (Å²) >= 11 is 0. The SMILES string of the molecule is C=C(C)C(=O)OCC(O)COCC(O)C(OCC(O)COC(=O)C(=C)C)C(O)C(COCC(O)COC(=O)C(=C)C)OCC(O)COC(=O)C(=C)C. The van der Waals surface area contributed by atoms with Crippen molar-refractivity contribution in [3.8, 4) is 0 Å². The second-order valence-electron chi connectivity index (χ2n) is 11.9. The maximum absolute atomic E-state index is 11.7. The van der Waals surface area contributed by atoms with Crippen LogP contribution in [0.4, 0.5) is 0 Å². The van der Waals surface area contributed by atoms with Gasteiger partial charge >= 0.3 is 23.9 Å². The van der Waals surface area contributed by atoms with E-state index in [1.54, 1.807) is 0 Å². The second-order valence-corrected chi connectivity index (χ2v) is 11.9. The van der Waals surface area contributed by atoms with Gasteiger partial charge < -0.3 is 68.5 Å². The number of hydrogen-bond acceptors (Lipinski definition) is 18. The molecule has 0 fully saturated rings. The van der Waals surface area contributed by atoms with Crippen LogP contribution in [-0.2, 0) is 57.1 Å². The highest BCUT2D eigenvalue weighted by Gasteiger charge is 2.36. The van der Waals surface area contributed by atoms with Crippen LogP contribution in [0.25, 0.3) is 0 Å². The van der Waals surface area contributed by atoms with E-state index in [0.29, 0.717) is 0 Å². The van der Waals surface area contributed by atoms with Crippen molar-refractivity contribution >= 4 is 23.9 Å². The Bertz CT molecular complexity index is 1180. The van der Waals surface area contributed by atoms with Crippen molar-refractivity contribution < 1.29 is 87.7 Å². The molecule has 0 saturated carbocycles. The first-order valence-corrected chi connectivity index (χ1v) is 16.0. The minimum atomic E-state index is -1.84. The fraction of sp³-hybridized carbons (Fsp3) is 0.647. The lowest BCUT2D eigenvalue weighted by molar-refractivity contribution is -0.188. The van der Waals surface area contributed by atoms with E-state index in [9.17, 15) is 49.8 Å². The molecule has 18 heteroatoms. The van der Waals surface area contributed by atoms with Gasteiger partial charge in [0.15, 0.2) is 0 Å². The number of hydrogen-bond donors (Lipinski definition) is 6. The van der Waals surface area contributed by atoms with Gasteiger partial charge in [0.2, 0.25) is 0 Å². The number of aliphatic hydroxyl groups is 6. The normalized spacial score (nSPS) is 15.8. The maximum atomic E-state index is 11.7. The summed E-state index contributed by atoms with van der Waals surface area (Å²) < 4.78 is 41.6. The highest BCUT2D eigenvalue weighted by atomic mass is 16.6. The molecule has 0 aromatic rings. The third kappa shape index (κ3) is 21.7. The van der Waals surface area contributed by atoms with Gasteiger partial charge in [0, 0.05) is 22.3 Å². The van der Waals surface area contributed by atoms with Gasteiger partial charge in [-0.1, -0.05) is 26.3 Å². The Labute approximate surface area is 302 Å². The first-order valence-electron chi connectivity index (χ1n) is 16.0. The summed E-state index contributed by atoms with van der Waals surface area (Å²) in [6.45, 7) is 14.2. The zero-order valence-electron chi connectivity index (χ0n) is 30.1. The number of aliphatic hydroxyl groups excluding tert-OH is 6. The first-order chi connectivity index (χ1) is 24.3. The Hall–Kier alpha value is -3.56. The number of rotatable bonds is 29. The van der Waals surface area contributed by atoms with Gasteiger partial charge in [-0.2, -0.15) is 0 Å². The van der Waals surface area contributed by atoms with Crippen molar-refractivity contribution in [3.05, 3.63) is 48.6 Å². The topological polar surface area (TPSA) is 263 Å². The molecular formula is C34H54O18. The predicted molar refractivity (Wildman–Crippen MR) is 180 cm³/mol. The molecule has 298 valence electrons. The van der Waals surface area contributed by atoms with Crippen molar-refractivity contribution in [3.63, 3.8) is 0 Å². The smallest absolute Gasteiger partial charge is 0.333 e. The van der Waals surface area contributed by atoms with Crippen LogP contribution in [0.5, 0.6) is 0 Å². The van der Waals surface area contributed by atoms with Crippen molar-refractivity contribution in [2.24, 2.45) is 0 Å². The molecule has 0 spiro atoms. The van der Waals surface area contributed by atoms with E-state index < -0.39 is 139 Å². The van der Waals surface area contributed by atoms with E-state index in [2.05, 4.69) is 26.3 Å². The fourth-order valence-electron chi connectivity index (χ4n) is 3.46. The van der Waals surface area contributed by atoms with Crippen LogP contribution in [0.3, 0.4) is 0 Å². The predicted octanol–water partition coefficient (Wildman–Crippen LogP) is -1.57. The zero-order chi connectivity index (χ0) is 40.0. The molecule has 8 unspecified atom stereocenters. The summed E-state index contributed by atoms with van der Waals surface area (Å²) in [4.78, 5) is 46.7. The van der Waals surface area contributed by atoms with Crippen LogP contribution in [0.1, 0.15) is 27.7 Å². The Morgan fingerprint density at radius 2 is 0.750 bits per heavy atom. The van der Waals surface area contributed by atoms with E-state index in [1.807, 2.05) is 0 Å². The van der Waals surface area contributed by atoms with E-state index in [4.69, 9.17) is 37.9 Å². The quantitative estimate of drug-likeness (QED) is 0.0287. The lowest BCUT2D eigenvalue weighted by Gasteiger charge is -2.33. The molecule has 0 saturated heterocycles. The summed E-state index contributed by atoms with van der Waals surface area (Å²) in [5.74, 6) is -3.05. The third-order valence-corrected chi connectivity index (χ3v) is 6.29. The molecule has 0 bridgehead atoms. The summed E-state index contributed by atoms with van der Waals surface area (Å²) in [6, 6.07) is 0. The fourth-order valence-corrected chi connectivity index (χ4v) is 3.46. The summed E-state index contributed by atoms with van der Waals surface area (Å²) in [6.07, 6.45) is -12.1. The van der Waals surface area contributed by atoms with Gasteiger partial charge in [-0.25, -0.2) is 19.2 Å². The van der Waals surface area contributed by atoms with Crippen LogP contribution < -0.4 is 0 Å². The molecule has 0 aliphatic heterocycles. The van der Waals surface area contributed by atoms with Crippen molar-refractivity contribution in [1.29, 1.82) is 0 Å². The summed E-state index contributed by atoms with van der Waals surface area (Å²) in [5.41, 5.74) is 0.360. The van der Waals surface area contributed by atoms with Crippen LogP contribution in [0.2, 0.25) is 0 Å². The van der Waals surface area contributed by atoms with Crippen molar-refractivity contribution in [2.45, 2.75) is 76.5 Å². The summed E-state index contributed by atoms with van der Waals surface area (Å²) in [7, 11) is 0. The number of esters is 4.